The molecular weight excluding hydrogens is 313 g/mol. The fourth-order valence-electron chi connectivity index (χ4n) is 1.69. The summed E-state index contributed by atoms with van der Waals surface area (Å²) in [4.78, 5) is 11.6. The van der Waals surface area contributed by atoms with Crippen LogP contribution in [-0.2, 0) is 19.6 Å². The van der Waals surface area contributed by atoms with Crippen molar-refractivity contribution in [2.45, 2.75) is 4.90 Å². The molecule has 19 heavy (non-hydrogen) atoms. The third-order valence-electron chi connectivity index (χ3n) is 2.72. The minimum absolute atomic E-state index is 0.00273. The summed E-state index contributed by atoms with van der Waals surface area (Å²) in [5.41, 5.74) is 0.210. The van der Waals surface area contributed by atoms with Gasteiger partial charge in [0.2, 0.25) is 0 Å². The molecule has 1 aromatic carbocycles. The highest BCUT2D eigenvalue weighted by Gasteiger charge is 2.34. The highest BCUT2D eigenvalue weighted by Crippen LogP contribution is 2.35. The number of carbonyl (C=O) groups excluding carboxylic acids is 1. The van der Waals surface area contributed by atoms with E-state index in [4.69, 9.17) is 23.2 Å². The Bertz CT molecular complexity index is 697. The van der Waals surface area contributed by atoms with Crippen LogP contribution >= 0.6 is 23.2 Å². The van der Waals surface area contributed by atoms with Gasteiger partial charge in [0.25, 0.3) is 10.0 Å². The number of sulfonamides is 1. The molecule has 1 heterocycles. The maximum absolute atomic E-state index is 12.3. The molecule has 0 aromatic heterocycles. The van der Waals surface area contributed by atoms with Crippen molar-refractivity contribution < 1.29 is 17.9 Å². The number of halogens is 2. The molecule has 0 radical (unpaired) electrons. The van der Waals surface area contributed by atoms with Gasteiger partial charge in [-0.05, 0) is 23.8 Å². The minimum Gasteiger partial charge on any atom is -0.464 e. The molecule has 0 fully saturated rings. The molecule has 1 aliphatic heterocycles. The van der Waals surface area contributed by atoms with E-state index in [0.717, 1.165) is 4.31 Å². The van der Waals surface area contributed by atoms with E-state index in [1.165, 1.54) is 32.4 Å². The Morgan fingerprint density at radius 2 is 1.84 bits per heavy atom. The van der Waals surface area contributed by atoms with Gasteiger partial charge in [0.1, 0.15) is 5.70 Å². The number of carbonyl (C=O) groups is 1. The maximum Gasteiger partial charge on any atom is 0.355 e. The van der Waals surface area contributed by atoms with Gasteiger partial charge in [-0.25, -0.2) is 13.2 Å². The van der Waals surface area contributed by atoms with Crippen LogP contribution in [0.3, 0.4) is 0 Å². The Morgan fingerprint density at radius 3 is 2.42 bits per heavy atom. The van der Waals surface area contributed by atoms with Crippen LogP contribution in [0.2, 0.25) is 10.0 Å². The lowest BCUT2D eigenvalue weighted by Gasteiger charge is -2.26. The van der Waals surface area contributed by atoms with Crippen molar-refractivity contribution in [3.63, 3.8) is 0 Å². The number of likely N-dealkylation sites (N-methyl/N-ethyl adjacent to an activating group) is 1. The lowest BCUT2D eigenvalue weighted by molar-refractivity contribution is -0.137. The van der Waals surface area contributed by atoms with Crippen molar-refractivity contribution >= 4 is 45.3 Å². The summed E-state index contributed by atoms with van der Waals surface area (Å²) in [6, 6.07) is 2.66. The molecule has 0 saturated carbocycles. The Morgan fingerprint density at radius 1 is 1.26 bits per heavy atom. The van der Waals surface area contributed by atoms with Gasteiger partial charge in [-0.15, -0.1) is 0 Å². The van der Waals surface area contributed by atoms with Crippen LogP contribution in [0.4, 0.5) is 0 Å². The van der Waals surface area contributed by atoms with Crippen LogP contribution in [-0.4, -0.2) is 32.8 Å². The molecule has 2 rings (SSSR count). The number of esters is 1. The Balaban J connectivity index is 2.76. The summed E-state index contributed by atoms with van der Waals surface area (Å²) in [6.45, 7) is 0. The summed E-state index contributed by atoms with van der Waals surface area (Å²) in [5.74, 6) is -0.747. The summed E-state index contributed by atoms with van der Waals surface area (Å²) in [7, 11) is -1.40. The van der Waals surface area contributed by atoms with Crippen molar-refractivity contribution in [2.24, 2.45) is 0 Å². The smallest absolute Gasteiger partial charge is 0.355 e. The van der Waals surface area contributed by atoms with E-state index >= 15 is 0 Å². The van der Waals surface area contributed by atoms with Crippen LogP contribution in [0.1, 0.15) is 5.56 Å². The average Bonchev–Trinajstić information content (AvgIpc) is 2.36. The van der Waals surface area contributed by atoms with E-state index in [9.17, 15) is 13.2 Å². The van der Waals surface area contributed by atoms with Crippen molar-refractivity contribution in [3.05, 3.63) is 33.4 Å². The summed E-state index contributed by atoms with van der Waals surface area (Å²) >= 11 is 11.7. The first-order chi connectivity index (χ1) is 8.78. The molecule has 0 amide bonds. The Labute approximate surface area is 120 Å². The molecule has 0 bridgehead atoms. The molecule has 0 aliphatic carbocycles. The van der Waals surface area contributed by atoms with E-state index in [2.05, 4.69) is 4.74 Å². The number of benzene rings is 1. The largest absolute Gasteiger partial charge is 0.464 e. The van der Waals surface area contributed by atoms with Gasteiger partial charge in [0, 0.05) is 7.05 Å². The molecule has 1 aliphatic rings. The van der Waals surface area contributed by atoms with E-state index in [1.54, 1.807) is 0 Å². The zero-order chi connectivity index (χ0) is 14.4. The lowest BCUT2D eigenvalue weighted by Crippen LogP contribution is -2.33. The molecule has 0 N–H and O–H groups in total. The van der Waals surface area contributed by atoms with Crippen molar-refractivity contribution in [2.75, 3.05) is 14.2 Å². The predicted molar refractivity (Wildman–Crippen MR) is 71.4 cm³/mol. The number of ether oxygens (including phenoxy) is 1. The Kier molecular flexibility index (Phi) is 3.51. The second-order valence-corrected chi connectivity index (χ2v) is 6.55. The van der Waals surface area contributed by atoms with E-state index in [1.807, 2.05) is 0 Å². The Hall–Kier alpha value is -1.24. The molecular formula is C11H9Cl2NO4S. The number of hydrogen-bond donors (Lipinski definition) is 0. The highest BCUT2D eigenvalue weighted by molar-refractivity contribution is 7.89. The first kappa shape index (κ1) is 14.2. The third-order valence-corrected chi connectivity index (χ3v) is 5.27. The van der Waals surface area contributed by atoms with Gasteiger partial charge >= 0.3 is 5.97 Å². The molecule has 8 heteroatoms. The molecule has 0 spiro atoms. The zero-order valence-electron chi connectivity index (χ0n) is 9.98. The SMILES string of the molecule is COC(=O)C1=Cc2cc(Cl)c(Cl)cc2S(=O)(=O)N1C. The number of methoxy groups -OCH3 is 1. The van der Waals surface area contributed by atoms with Gasteiger partial charge in [-0.1, -0.05) is 23.2 Å². The van der Waals surface area contributed by atoms with Crippen molar-refractivity contribution in [1.82, 2.24) is 4.31 Å². The molecule has 0 unspecified atom stereocenters. The fraction of sp³-hybridized carbons (Fsp3) is 0.182. The van der Waals surface area contributed by atoms with E-state index in [-0.39, 0.29) is 20.6 Å². The van der Waals surface area contributed by atoms with Gasteiger partial charge in [-0.2, -0.15) is 0 Å². The summed E-state index contributed by atoms with van der Waals surface area (Å²) in [5, 5.41) is 0.341. The summed E-state index contributed by atoms with van der Waals surface area (Å²) < 4.78 is 30.0. The summed E-state index contributed by atoms with van der Waals surface area (Å²) in [6.07, 6.45) is 1.39. The van der Waals surface area contributed by atoms with Crippen LogP contribution in [0.25, 0.3) is 6.08 Å². The third kappa shape index (κ3) is 2.20. The number of nitrogens with zero attached hydrogens (tertiary/aromatic N) is 1. The normalized spacial score (nSPS) is 16.6. The molecule has 1 aromatic rings. The van der Waals surface area contributed by atoms with Gasteiger partial charge in [-0.3, -0.25) is 4.31 Å². The first-order valence-electron chi connectivity index (χ1n) is 5.07. The van der Waals surface area contributed by atoms with Crippen LogP contribution in [0, 0.1) is 0 Å². The van der Waals surface area contributed by atoms with Gasteiger partial charge < -0.3 is 4.74 Å². The van der Waals surface area contributed by atoms with Gasteiger partial charge in [0.15, 0.2) is 0 Å². The monoisotopic (exact) mass is 321 g/mol. The second kappa shape index (κ2) is 4.70. The molecule has 5 nitrogen and oxygen atoms in total. The van der Waals surface area contributed by atoms with E-state index < -0.39 is 16.0 Å². The molecule has 102 valence electrons. The quantitative estimate of drug-likeness (QED) is 0.743. The lowest BCUT2D eigenvalue weighted by atomic mass is 10.2. The standard InChI is InChI=1S/C11H9Cl2NO4S/c1-14-9(11(15)18-2)4-6-3-7(12)8(13)5-10(6)19(14,16)17/h3-5H,1-2H3. The van der Waals surface area contributed by atoms with Crippen LogP contribution in [0.5, 0.6) is 0 Å². The predicted octanol–water partition coefficient (Wildman–Crippen LogP) is 2.14. The van der Waals surface area contributed by atoms with Crippen LogP contribution in [0.15, 0.2) is 22.7 Å². The van der Waals surface area contributed by atoms with Gasteiger partial charge in [0.05, 0.1) is 22.1 Å². The van der Waals surface area contributed by atoms with Crippen molar-refractivity contribution in [1.29, 1.82) is 0 Å². The fourth-order valence-corrected chi connectivity index (χ4v) is 3.45. The van der Waals surface area contributed by atoms with Crippen LogP contribution < -0.4 is 0 Å². The first-order valence-corrected chi connectivity index (χ1v) is 7.26. The topological polar surface area (TPSA) is 63.7 Å². The second-order valence-electron chi connectivity index (χ2n) is 3.80. The highest BCUT2D eigenvalue weighted by atomic mass is 35.5. The minimum atomic E-state index is -3.84. The number of hydrogen-bond acceptors (Lipinski definition) is 4. The molecule has 0 saturated heterocycles. The maximum atomic E-state index is 12.3. The van der Waals surface area contributed by atoms with Crippen molar-refractivity contribution in [3.8, 4) is 0 Å². The zero-order valence-corrected chi connectivity index (χ0v) is 12.3. The number of fused-ring (bicyclic) bond motifs is 1. The van der Waals surface area contributed by atoms with E-state index in [0.29, 0.717) is 5.56 Å². The average molecular weight is 322 g/mol. The number of rotatable bonds is 1. The molecule has 0 atom stereocenters.